The van der Waals surface area contributed by atoms with Crippen LogP contribution in [0, 0.1) is 27.7 Å². The van der Waals surface area contributed by atoms with Crippen LogP contribution in [0.1, 0.15) is 39.4 Å². The number of pyridine rings is 1. The van der Waals surface area contributed by atoms with Crippen LogP contribution >= 0.6 is 11.3 Å². The summed E-state index contributed by atoms with van der Waals surface area (Å²) in [6.07, 6.45) is 3.22. The monoisotopic (exact) mass is 469 g/mol. The van der Waals surface area contributed by atoms with Crippen LogP contribution < -0.4 is 4.90 Å². The molecule has 1 amide bonds. The number of aliphatic hydroxyl groups excluding tert-OH is 1. The highest BCUT2D eigenvalue weighted by molar-refractivity contribution is 7.22. The van der Waals surface area contributed by atoms with E-state index in [1.165, 1.54) is 16.2 Å². The smallest absolute Gasteiger partial charge is 0.301 e. The Morgan fingerprint density at radius 3 is 2.41 bits per heavy atom. The van der Waals surface area contributed by atoms with Crippen LogP contribution in [0.3, 0.4) is 0 Å². The highest BCUT2D eigenvalue weighted by atomic mass is 32.1. The summed E-state index contributed by atoms with van der Waals surface area (Å²) in [4.78, 5) is 37.0. The zero-order valence-electron chi connectivity index (χ0n) is 19.3. The normalized spacial score (nSPS) is 17.6. The predicted molar refractivity (Wildman–Crippen MR) is 134 cm³/mol. The van der Waals surface area contributed by atoms with Gasteiger partial charge in [-0.2, -0.15) is 0 Å². The van der Waals surface area contributed by atoms with Gasteiger partial charge in [-0.05, 0) is 74.2 Å². The zero-order chi connectivity index (χ0) is 24.1. The van der Waals surface area contributed by atoms with Crippen LogP contribution in [0.15, 0.2) is 60.4 Å². The van der Waals surface area contributed by atoms with Crippen LogP contribution in [0.5, 0.6) is 0 Å². The maximum Gasteiger partial charge on any atom is 0.301 e. The van der Waals surface area contributed by atoms with E-state index in [1.54, 1.807) is 24.5 Å². The van der Waals surface area contributed by atoms with Crippen LogP contribution in [0.4, 0.5) is 5.13 Å². The molecule has 1 saturated heterocycles. The summed E-state index contributed by atoms with van der Waals surface area (Å²) in [5.74, 6) is -1.62. The number of ketones is 1. The van der Waals surface area contributed by atoms with E-state index in [-0.39, 0.29) is 11.3 Å². The number of fused-ring (bicyclic) bond motifs is 1. The van der Waals surface area contributed by atoms with Crippen LogP contribution in [-0.4, -0.2) is 26.8 Å². The first-order chi connectivity index (χ1) is 16.3. The van der Waals surface area contributed by atoms with Crippen molar-refractivity contribution >= 4 is 44.1 Å². The summed E-state index contributed by atoms with van der Waals surface area (Å²) >= 11 is 1.36. The first kappa shape index (κ1) is 22.0. The van der Waals surface area contributed by atoms with Gasteiger partial charge in [0.2, 0.25) is 0 Å². The largest absolute Gasteiger partial charge is 0.507 e. The average Bonchev–Trinajstić information content (AvgIpc) is 3.34. The number of amides is 1. The van der Waals surface area contributed by atoms with Crippen molar-refractivity contribution in [3.05, 3.63) is 93.8 Å². The Bertz CT molecular complexity index is 1500. The number of aromatic nitrogens is 2. The molecule has 1 aliphatic rings. The molecule has 0 spiro atoms. The minimum absolute atomic E-state index is 0.0528. The Hall–Kier alpha value is -3.84. The van der Waals surface area contributed by atoms with Crippen molar-refractivity contribution in [2.24, 2.45) is 0 Å². The van der Waals surface area contributed by atoms with Crippen molar-refractivity contribution in [2.75, 3.05) is 4.90 Å². The number of nitrogens with zero attached hydrogens (tertiary/aromatic N) is 3. The van der Waals surface area contributed by atoms with Gasteiger partial charge in [0.15, 0.2) is 5.13 Å². The first-order valence-corrected chi connectivity index (χ1v) is 11.7. The lowest BCUT2D eigenvalue weighted by atomic mass is 9.94. The average molecular weight is 470 g/mol. The van der Waals surface area contributed by atoms with Gasteiger partial charge in [0.1, 0.15) is 5.76 Å². The molecule has 0 bridgehead atoms. The van der Waals surface area contributed by atoms with Crippen molar-refractivity contribution in [2.45, 2.75) is 33.7 Å². The van der Waals surface area contributed by atoms with E-state index >= 15 is 0 Å². The fourth-order valence-electron chi connectivity index (χ4n) is 4.49. The van der Waals surface area contributed by atoms with Gasteiger partial charge in [0.25, 0.3) is 5.78 Å². The van der Waals surface area contributed by atoms with E-state index in [2.05, 4.69) is 4.98 Å². The molecule has 0 saturated carbocycles. The lowest BCUT2D eigenvalue weighted by Gasteiger charge is -2.23. The fraction of sp³-hybridized carbons (Fsp3) is 0.185. The van der Waals surface area contributed by atoms with E-state index < -0.39 is 17.7 Å². The topological polar surface area (TPSA) is 83.4 Å². The van der Waals surface area contributed by atoms with E-state index in [9.17, 15) is 14.7 Å². The summed E-state index contributed by atoms with van der Waals surface area (Å²) in [6.45, 7) is 7.78. The molecule has 0 radical (unpaired) electrons. The summed E-state index contributed by atoms with van der Waals surface area (Å²) in [7, 11) is 0. The Morgan fingerprint density at radius 1 is 0.941 bits per heavy atom. The third-order valence-corrected chi connectivity index (χ3v) is 7.14. The number of hydrogen-bond donors (Lipinski definition) is 1. The Labute approximate surface area is 201 Å². The number of aryl methyl sites for hydroxylation is 4. The molecule has 5 rings (SSSR count). The number of Topliss-reactive ketones (excluding diaryl/α,β-unsaturated/α-hetero) is 1. The molecule has 1 fully saturated rings. The number of carbonyl (C=O) groups excluding carboxylic acids is 2. The molecule has 170 valence electrons. The zero-order valence-corrected chi connectivity index (χ0v) is 20.1. The molecule has 6 nitrogen and oxygen atoms in total. The molecular weight excluding hydrogens is 446 g/mol. The van der Waals surface area contributed by atoms with Crippen LogP contribution in [0.2, 0.25) is 0 Å². The first-order valence-electron chi connectivity index (χ1n) is 10.9. The second-order valence-electron chi connectivity index (χ2n) is 8.69. The van der Waals surface area contributed by atoms with Crippen molar-refractivity contribution in [1.82, 2.24) is 9.97 Å². The third-order valence-electron chi connectivity index (χ3n) is 6.14. The second kappa shape index (κ2) is 8.18. The van der Waals surface area contributed by atoms with Crippen LogP contribution in [0.25, 0.3) is 16.0 Å². The van der Waals surface area contributed by atoms with Crippen molar-refractivity contribution in [1.29, 1.82) is 0 Å². The molecule has 1 atom stereocenters. The Balaban J connectivity index is 1.76. The van der Waals surface area contributed by atoms with E-state index in [4.69, 9.17) is 4.98 Å². The standard InChI is InChI=1S/C27H23N3O3S/c1-14-5-6-16(3)19(12-14)24(31)21-23(18-7-9-28-10-8-18)30(26(33)25(21)32)27-29-22-17(4)11-15(2)13-20(22)34-27/h5-13,23,31H,1-4H3. The molecule has 1 aliphatic heterocycles. The van der Waals surface area contributed by atoms with Gasteiger partial charge in [-0.15, -0.1) is 0 Å². The quantitative estimate of drug-likeness (QED) is 0.242. The predicted octanol–water partition coefficient (Wildman–Crippen LogP) is 5.55. The van der Waals surface area contributed by atoms with Gasteiger partial charge in [-0.3, -0.25) is 19.5 Å². The minimum atomic E-state index is -0.815. The van der Waals surface area contributed by atoms with Gasteiger partial charge in [-0.25, -0.2) is 4.98 Å². The van der Waals surface area contributed by atoms with Crippen molar-refractivity contribution < 1.29 is 14.7 Å². The van der Waals surface area contributed by atoms with Gasteiger partial charge < -0.3 is 5.11 Å². The Morgan fingerprint density at radius 2 is 1.68 bits per heavy atom. The lowest BCUT2D eigenvalue weighted by Crippen LogP contribution is -2.29. The molecule has 34 heavy (non-hydrogen) atoms. The van der Waals surface area contributed by atoms with Gasteiger partial charge >= 0.3 is 5.91 Å². The number of rotatable bonds is 3. The summed E-state index contributed by atoms with van der Waals surface area (Å²) < 4.78 is 0.942. The van der Waals surface area contributed by atoms with Crippen LogP contribution in [-0.2, 0) is 9.59 Å². The lowest BCUT2D eigenvalue weighted by molar-refractivity contribution is -0.132. The highest BCUT2D eigenvalue weighted by Gasteiger charge is 2.48. The number of anilines is 1. The molecule has 0 aliphatic carbocycles. The maximum atomic E-state index is 13.4. The number of thiazole rings is 1. The number of carbonyl (C=O) groups is 2. The molecule has 1 N–H and O–H groups in total. The SMILES string of the molecule is Cc1ccc(C)c(C(O)=C2C(=O)C(=O)N(c3nc4c(C)cc(C)cc4s3)C2c2ccncc2)c1. The minimum Gasteiger partial charge on any atom is -0.507 e. The molecule has 2 aromatic heterocycles. The number of hydrogen-bond acceptors (Lipinski definition) is 6. The Kier molecular flexibility index (Phi) is 5.29. The third kappa shape index (κ3) is 3.49. The van der Waals surface area contributed by atoms with E-state index in [0.717, 1.165) is 32.5 Å². The van der Waals surface area contributed by atoms with Crippen molar-refractivity contribution in [3.63, 3.8) is 0 Å². The van der Waals surface area contributed by atoms with E-state index in [0.29, 0.717) is 16.3 Å². The molecule has 1 unspecified atom stereocenters. The van der Waals surface area contributed by atoms with Gasteiger partial charge in [-0.1, -0.05) is 35.1 Å². The van der Waals surface area contributed by atoms with Gasteiger partial charge in [0.05, 0.1) is 21.8 Å². The molecule has 2 aromatic carbocycles. The molecular formula is C27H23N3O3S. The van der Waals surface area contributed by atoms with Crippen molar-refractivity contribution in [3.8, 4) is 0 Å². The molecule has 7 heteroatoms. The fourth-order valence-corrected chi connectivity index (χ4v) is 5.66. The summed E-state index contributed by atoms with van der Waals surface area (Å²) in [6, 6.07) is 12.4. The van der Waals surface area contributed by atoms with E-state index in [1.807, 2.05) is 58.0 Å². The number of benzene rings is 2. The summed E-state index contributed by atoms with van der Waals surface area (Å²) in [5.41, 5.74) is 5.93. The van der Waals surface area contributed by atoms with Gasteiger partial charge in [0, 0.05) is 18.0 Å². The second-order valence-corrected chi connectivity index (χ2v) is 9.70. The maximum absolute atomic E-state index is 13.4. The molecule has 4 aromatic rings. The molecule has 3 heterocycles. The highest BCUT2D eigenvalue weighted by Crippen LogP contribution is 2.44. The summed E-state index contributed by atoms with van der Waals surface area (Å²) in [5, 5.41) is 11.8. The number of aliphatic hydroxyl groups is 1.